The third kappa shape index (κ3) is 2.65. The second kappa shape index (κ2) is 5.01. The molecule has 0 radical (unpaired) electrons. The lowest BCUT2D eigenvalue weighted by molar-refractivity contribution is 0.292. The first-order valence-corrected chi connectivity index (χ1v) is 5.61. The summed E-state index contributed by atoms with van der Waals surface area (Å²) in [5.74, 6) is 0.837. The van der Waals surface area contributed by atoms with E-state index < -0.39 is 0 Å². The maximum atomic E-state index is 5.90. The van der Waals surface area contributed by atoms with Gasteiger partial charge in [0.15, 0.2) is 0 Å². The van der Waals surface area contributed by atoms with E-state index in [0.717, 1.165) is 17.0 Å². The average Bonchev–Trinajstić information content (AvgIpc) is 2.72. The highest BCUT2D eigenvalue weighted by molar-refractivity contribution is 5.35. The van der Waals surface area contributed by atoms with E-state index in [4.69, 9.17) is 10.5 Å². The molecular formula is C13H17N3O. The lowest BCUT2D eigenvalue weighted by Gasteiger charge is -2.13. The van der Waals surface area contributed by atoms with Crippen LogP contribution in [0.15, 0.2) is 36.8 Å². The van der Waals surface area contributed by atoms with Gasteiger partial charge < -0.3 is 15.0 Å². The number of nitrogens with two attached hydrogens (primary N) is 1. The van der Waals surface area contributed by atoms with E-state index in [1.165, 1.54) is 0 Å². The average molecular weight is 231 g/mol. The standard InChI is InChI=1S/C13H17N3O/c1-10(14)12-5-3-4-6-13(12)17-8-11-7-15-9-16(11)2/h3-7,9-10H,8,14H2,1-2H3/t10-/m0/s1. The Balaban J connectivity index is 2.11. The quantitative estimate of drug-likeness (QED) is 0.875. The molecule has 4 nitrogen and oxygen atoms in total. The fourth-order valence-corrected chi connectivity index (χ4v) is 1.66. The van der Waals surface area contributed by atoms with Crippen molar-refractivity contribution in [2.75, 3.05) is 0 Å². The van der Waals surface area contributed by atoms with E-state index in [9.17, 15) is 0 Å². The molecule has 0 amide bonds. The van der Waals surface area contributed by atoms with Gasteiger partial charge in [-0.1, -0.05) is 18.2 Å². The maximum Gasteiger partial charge on any atom is 0.130 e. The molecule has 0 aliphatic heterocycles. The Kier molecular flexibility index (Phi) is 3.44. The van der Waals surface area contributed by atoms with Crippen LogP contribution in [0.2, 0.25) is 0 Å². The van der Waals surface area contributed by atoms with Crippen molar-refractivity contribution in [2.24, 2.45) is 12.8 Å². The maximum absolute atomic E-state index is 5.90. The first-order valence-electron chi connectivity index (χ1n) is 5.61. The lowest BCUT2D eigenvalue weighted by Crippen LogP contribution is -2.08. The molecule has 17 heavy (non-hydrogen) atoms. The van der Waals surface area contributed by atoms with E-state index >= 15 is 0 Å². The summed E-state index contributed by atoms with van der Waals surface area (Å²) in [6.07, 6.45) is 3.56. The molecule has 2 rings (SSSR count). The molecule has 0 saturated carbocycles. The molecule has 0 saturated heterocycles. The number of benzene rings is 1. The van der Waals surface area contributed by atoms with Crippen LogP contribution < -0.4 is 10.5 Å². The van der Waals surface area contributed by atoms with Crippen LogP contribution in [0.3, 0.4) is 0 Å². The lowest BCUT2D eigenvalue weighted by atomic mass is 10.1. The summed E-state index contributed by atoms with van der Waals surface area (Å²) in [7, 11) is 1.95. The number of rotatable bonds is 4. The van der Waals surface area contributed by atoms with Gasteiger partial charge in [-0.25, -0.2) is 4.98 Å². The summed E-state index contributed by atoms with van der Waals surface area (Å²) >= 11 is 0. The molecule has 4 heteroatoms. The second-order valence-corrected chi connectivity index (χ2v) is 4.11. The van der Waals surface area contributed by atoms with Crippen molar-refractivity contribution in [2.45, 2.75) is 19.6 Å². The molecule has 90 valence electrons. The van der Waals surface area contributed by atoms with Crippen LogP contribution in [-0.4, -0.2) is 9.55 Å². The van der Waals surface area contributed by atoms with Crippen LogP contribution in [0.5, 0.6) is 5.75 Å². The number of imidazole rings is 1. The Labute approximate surface area is 101 Å². The Bertz CT molecular complexity index is 491. The number of ether oxygens (including phenoxy) is 1. The van der Waals surface area contributed by atoms with Gasteiger partial charge in [0.2, 0.25) is 0 Å². The van der Waals surface area contributed by atoms with Crippen molar-refractivity contribution < 1.29 is 4.74 Å². The highest BCUT2D eigenvalue weighted by Gasteiger charge is 2.07. The highest BCUT2D eigenvalue weighted by atomic mass is 16.5. The van der Waals surface area contributed by atoms with E-state index in [2.05, 4.69) is 4.98 Å². The van der Waals surface area contributed by atoms with Gasteiger partial charge in [-0.2, -0.15) is 0 Å². The van der Waals surface area contributed by atoms with Gasteiger partial charge >= 0.3 is 0 Å². The second-order valence-electron chi connectivity index (χ2n) is 4.11. The summed E-state index contributed by atoms with van der Waals surface area (Å²) in [5, 5.41) is 0. The van der Waals surface area contributed by atoms with E-state index in [-0.39, 0.29) is 6.04 Å². The SMILES string of the molecule is C[C@H](N)c1ccccc1OCc1cncn1C. The molecule has 1 aromatic carbocycles. The van der Waals surface area contributed by atoms with Crippen molar-refractivity contribution in [3.8, 4) is 5.75 Å². The Morgan fingerprint density at radius 3 is 2.82 bits per heavy atom. The van der Waals surface area contributed by atoms with Gasteiger partial charge in [0.05, 0.1) is 18.2 Å². The third-order valence-corrected chi connectivity index (χ3v) is 2.70. The van der Waals surface area contributed by atoms with Crippen LogP contribution in [0.25, 0.3) is 0 Å². The predicted molar refractivity (Wildman–Crippen MR) is 66.6 cm³/mol. The van der Waals surface area contributed by atoms with Gasteiger partial charge in [-0.3, -0.25) is 0 Å². The number of hydrogen-bond donors (Lipinski definition) is 1. The van der Waals surface area contributed by atoms with Crippen LogP contribution in [0.1, 0.15) is 24.2 Å². The van der Waals surface area contributed by atoms with Crippen LogP contribution in [0, 0.1) is 0 Å². The Hall–Kier alpha value is -1.81. The van der Waals surface area contributed by atoms with Crippen LogP contribution in [-0.2, 0) is 13.7 Å². The van der Waals surface area contributed by atoms with Gasteiger partial charge in [0, 0.05) is 18.7 Å². The summed E-state index contributed by atoms with van der Waals surface area (Å²) in [6.45, 7) is 2.45. The number of aryl methyl sites for hydroxylation is 1. The molecule has 1 heterocycles. The van der Waals surface area contributed by atoms with Gasteiger partial charge in [-0.05, 0) is 13.0 Å². The molecule has 2 N–H and O–H groups in total. The van der Waals surface area contributed by atoms with Crippen LogP contribution in [0.4, 0.5) is 0 Å². The minimum absolute atomic E-state index is 0.0299. The molecule has 0 fully saturated rings. The largest absolute Gasteiger partial charge is 0.487 e. The molecule has 0 unspecified atom stereocenters. The van der Waals surface area contributed by atoms with Gasteiger partial charge in [0.25, 0.3) is 0 Å². The number of para-hydroxylation sites is 1. The number of aromatic nitrogens is 2. The summed E-state index contributed by atoms with van der Waals surface area (Å²) in [6, 6.07) is 7.82. The predicted octanol–water partition coefficient (Wildman–Crippen LogP) is 2.02. The zero-order valence-electron chi connectivity index (χ0n) is 10.1. The fourth-order valence-electron chi connectivity index (χ4n) is 1.66. The zero-order chi connectivity index (χ0) is 12.3. The number of hydrogen-bond acceptors (Lipinski definition) is 3. The molecule has 1 aromatic heterocycles. The van der Waals surface area contributed by atoms with Crippen molar-refractivity contribution >= 4 is 0 Å². The normalized spacial score (nSPS) is 12.4. The van der Waals surface area contributed by atoms with E-state index in [0.29, 0.717) is 6.61 Å². The number of nitrogens with zero attached hydrogens (tertiary/aromatic N) is 2. The monoisotopic (exact) mass is 231 g/mol. The molecule has 2 aromatic rings. The van der Waals surface area contributed by atoms with Crippen LogP contribution >= 0.6 is 0 Å². The highest BCUT2D eigenvalue weighted by Crippen LogP contribution is 2.23. The molecule has 1 atom stereocenters. The minimum atomic E-state index is -0.0299. The molecular weight excluding hydrogens is 214 g/mol. The van der Waals surface area contributed by atoms with E-state index in [1.54, 1.807) is 12.5 Å². The minimum Gasteiger partial charge on any atom is -0.487 e. The molecule has 0 bridgehead atoms. The summed E-state index contributed by atoms with van der Waals surface area (Å²) < 4.78 is 7.72. The van der Waals surface area contributed by atoms with E-state index in [1.807, 2.05) is 42.8 Å². The van der Waals surface area contributed by atoms with Crippen molar-refractivity contribution in [1.29, 1.82) is 0 Å². The Morgan fingerprint density at radius 1 is 1.41 bits per heavy atom. The fraction of sp³-hybridized carbons (Fsp3) is 0.308. The van der Waals surface area contributed by atoms with Crippen molar-refractivity contribution in [3.63, 3.8) is 0 Å². The molecule has 0 aliphatic carbocycles. The first kappa shape index (κ1) is 11.7. The van der Waals surface area contributed by atoms with Gasteiger partial charge in [0.1, 0.15) is 12.4 Å². The Morgan fingerprint density at radius 2 is 2.18 bits per heavy atom. The topological polar surface area (TPSA) is 53.1 Å². The molecule has 0 spiro atoms. The first-order chi connectivity index (χ1) is 8.18. The van der Waals surface area contributed by atoms with Gasteiger partial charge in [-0.15, -0.1) is 0 Å². The van der Waals surface area contributed by atoms with Crippen molar-refractivity contribution in [3.05, 3.63) is 48.0 Å². The molecule has 0 aliphatic rings. The smallest absolute Gasteiger partial charge is 0.130 e. The zero-order valence-corrected chi connectivity index (χ0v) is 10.1. The summed E-state index contributed by atoms with van der Waals surface area (Å²) in [4.78, 5) is 4.05. The third-order valence-electron chi connectivity index (χ3n) is 2.70. The van der Waals surface area contributed by atoms with Crippen molar-refractivity contribution in [1.82, 2.24) is 9.55 Å². The summed E-state index contributed by atoms with van der Waals surface area (Å²) in [5.41, 5.74) is 7.95.